The number of hydrogen-bond acceptors (Lipinski definition) is 8. The minimum atomic E-state index is -1.28. The number of carbonyl (C=O) groups excluding carboxylic acids is 3. The molecule has 0 saturated carbocycles. The molecule has 0 aliphatic heterocycles. The number of carboxylic acid groups (broad SMARTS) is 1. The Morgan fingerprint density at radius 2 is 1.62 bits per heavy atom. The largest absolute Gasteiger partial charge is 0.480 e. The summed E-state index contributed by atoms with van der Waals surface area (Å²) in [7, 11) is 0. The number of guanidine groups is 1. The molecule has 3 rings (SSSR count). The number of carbonyl (C=O) groups is 4. The number of aliphatic hydroxyl groups is 1. The normalized spacial score (nSPS) is 13.9. The van der Waals surface area contributed by atoms with Crippen LogP contribution in [0.25, 0.3) is 10.9 Å². The monoisotopic (exact) mass is 584 g/mol. The summed E-state index contributed by atoms with van der Waals surface area (Å²) in [6.45, 7) is -0.474. The van der Waals surface area contributed by atoms with Crippen LogP contribution in [-0.4, -0.2) is 92.1 Å². The molecular formula is C26H36N10O6. The fourth-order valence-electron chi connectivity index (χ4n) is 4.22. The number of rotatable bonds is 16. The number of aliphatic hydroxyl groups excluding tert-OH is 1. The summed E-state index contributed by atoms with van der Waals surface area (Å²) in [5, 5.41) is 27.4. The first-order valence-electron chi connectivity index (χ1n) is 13.2. The highest BCUT2D eigenvalue weighted by Crippen LogP contribution is 2.19. The Morgan fingerprint density at radius 1 is 0.952 bits per heavy atom. The second-order valence-electron chi connectivity index (χ2n) is 9.60. The number of hydrogen-bond donors (Lipinski definition) is 10. The van der Waals surface area contributed by atoms with E-state index in [0.717, 1.165) is 10.9 Å². The van der Waals surface area contributed by atoms with Crippen molar-refractivity contribution < 1.29 is 29.4 Å². The van der Waals surface area contributed by atoms with Crippen LogP contribution < -0.4 is 33.2 Å². The zero-order valence-electron chi connectivity index (χ0n) is 22.7. The lowest BCUT2D eigenvalue weighted by Gasteiger charge is -2.25. The number of H-pyrrole nitrogens is 2. The van der Waals surface area contributed by atoms with Crippen molar-refractivity contribution in [1.29, 1.82) is 0 Å². The lowest BCUT2D eigenvalue weighted by atomic mass is 10.0. The van der Waals surface area contributed by atoms with Crippen LogP contribution in [0.4, 0.5) is 0 Å². The minimum Gasteiger partial charge on any atom is -0.480 e. The SMILES string of the molecule is NC(N)=NCCCC(NC(=O)C(Cc1c[nH]c2ccccc12)NC(=O)C(Cc1cnc[nH]1)NC(=O)C(N)CO)C(=O)O. The van der Waals surface area contributed by atoms with E-state index < -0.39 is 54.5 Å². The van der Waals surface area contributed by atoms with Gasteiger partial charge in [-0.2, -0.15) is 0 Å². The molecule has 2 heterocycles. The Kier molecular flexibility index (Phi) is 11.4. The van der Waals surface area contributed by atoms with Gasteiger partial charge in [-0.25, -0.2) is 9.78 Å². The van der Waals surface area contributed by atoms with Gasteiger partial charge in [-0.15, -0.1) is 0 Å². The molecule has 0 saturated heterocycles. The molecule has 0 aliphatic carbocycles. The quantitative estimate of drug-likeness (QED) is 0.0483. The van der Waals surface area contributed by atoms with Crippen molar-refractivity contribution in [1.82, 2.24) is 30.9 Å². The van der Waals surface area contributed by atoms with Gasteiger partial charge in [0, 0.05) is 48.4 Å². The summed E-state index contributed by atoms with van der Waals surface area (Å²) in [5.74, 6) is -3.66. The molecule has 1 aromatic carbocycles. The molecule has 0 aliphatic rings. The summed E-state index contributed by atoms with van der Waals surface area (Å²) in [6.07, 6.45) is 4.85. The van der Waals surface area contributed by atoms with Crippen molar-refractivity contribution in [2.45, 2.75) is 49.9 Å². The lowest BCUT2D eigenvalue weighted by Crippen LogP contribution is -2.58. The topological polar surface area (TPSA) is 280 Å². The maximum absolute atomic E-state index is 13.5. The van der Waals surface area contributed by atoms with E-state index in [1.807, 2.05) is 24.3 Å². The van der Waals surface area contributed by atoms with Crippen molar-refractivity contribution in [2.75, 3.05) is 13.2 Å². The third-order valence-corrected chi connectivity index (χ3v) is 6.44. The van der Waals surface area contributed by atoms with E-state index in [1.165, 1.54) is 12.5 Å². The van der Waals surface area contributed by atoms with Gasteiger partial charge < -0.3 is 53.3 Å². The first-order chi connectivity index (χ1) is 20.1. The molecule has 42 heavy (non-hydrogen) atoms. The zero-order valence-corrected chi connectivity index (χ0v) is 22.7. The van der Waals surface area contributed by atoms with Crippen LogP contribution in [-0.2, 0) is 32.0 Å². The van der Waals surface area contributed by atoms with Gasteiger partial charge in [0.1, 0.15) is 24.2 Å². The molecule has 16 nitrogen and oxygen atoms in total. The molecule has 0 bridgehead atoms. The van der Waals surface area contributed by atoms with Gasteiger partial charge in [-0.05, 0) is 24.5 Å². The van der Waals surface area contributed by atoms with Crippen LogP contribution in [0.15, 0.2) is 48.0 Å². The van der Waals surface area contributed by atoms with Gasteiger partial charge >= 0.3 is 5.97 Å². The van der Waals surface area contributed by atoms with Crippen LogP contribution in [0.3, 0.4) is 0 Å². The van der Waals surface area contributed by atoms with E-state index in [0.29, 0.717) is 11.3 Å². The Labute approximate surface area is 240 Å². The molecule has 226 valence electrons. The average molecular weight is 585 g/mol. The van der Waals surface area contributed by atoms with E-state index in [-0.39, 0.29) is 38.2 Å². The number of imidazole rings is 1. The van der Waals surface area contributed by atoms with Crippen LogP contribution in [0.2, 0.25) is 0 Å². The van der Waals surface area contributed by atoms with E-state index in [4.69, 9.17) is 17.2 Å². The highest BCUT2D eigenvalue weighted by atomic mass is 16.4. The van der Waals surface area contributed by atoms with Gasteiger partial charge in [0.25, 0.3) is 0 Å². The zero-order chi connectivity index (χ0) is 30.6. The lowest BCUT2D eigenvalue weighted by molar-refractivity contribution is -0.142. The first-order valence-corrected chi connectivity index (χ1v) is 13.2. The minimum absolute atomic E-state index is 0.00278. The van der Waals surface area contributed by atoms with Gasteiger partial charge in [0.15, 0.2) is 5.96 Å². The number of nitrogens with one attached hydrogen (secondary N) is 5. The fraction of sp³-hybridized carbons (Fsp3) is 0.385. The summed E-state index contributed by atoms with van der Waals surface area (Å²) in [4.78, 5) is 65.1. The number of aliphatic imine (C=N–C) groups is 1. The predicted octanol–water partition coefficient (Wildman–Crippen LogP) is -2.41. The second kappa shape index (κ2) is 15.2. The number of aromatic nitrogens is 3. The van der Waals surface area contributed by atoms with Crippen molar-refractivity contribution >= 4 is 40.6 Å². The number of aliphatic carboxylic acids is 1. The van der Waals surface area contributed by atoms with Crippen molar-refractivity contribution in [3.05, 3.63) is 54.2 Å². The van der Waals surface area contributed by atoms with Crippen LogP contribution in [0.5, 0.6) is 0 Å². The average Bonchev–Trinajstić information content (AvgIpc) is 3.63. The van der Waals surface area contributed by atoms with Gasteiger partial charge in [-0.3, -0.25) is 19.4 Å². The standard InChI is InChI=1S/C26H36N10O6/c27-17(12-37)22(38)35-21(9-15-11-30-13-33-15)24(40)36-20(8-14-10-32-18-5-2-1-4-16(14)18)23(39)34-19(25(41)42)6-3-7-31-26(28)29/h1-2,4-5,10-11,13,17,19-21,32,37H,3,6-9,12,27H2,(H,30,33)(H,34,39)(H,35,38)(H,36,40)(H,41,42)(H4,28,29,31). The number of amides is 3. The second-order valence-corrected chi connectivity index (χ2v) is 9.60. The van der Waals surface area contributed by atoms with Crippen LogP contribution >= 0.6 is 0 Å². The van der Waals surface area contributed by atoms with Gasteiger partial charge in [-0.1, -0.05) is 18.2 Å². The fourth-order valence-corrected chi connectivity index (χ4v) is 4.22. The summed E-state index contributed by atoms with van der Waals surface area (Å²) in [6, 6.07) is 2.37. The predicted molar refractivity (Wildman–Crippen MR) is 153 cm³/mol. The Balaban J connectivity index is 1.85. The number of benzene rings is 1. The summed E-state index contributed by atoms with van der Waals surface area (Å²) < 4.78 is 0. The molecule has 0 spiro atoms. The Morgan fingerprint density at radius 3 is 2.26 bits per heavy atom. The number of nitrogens with zero attached hydrogens (tertiary/aromatic N) is 2. The molecule has 0 fully saturated rings. The molecule has 3 aromatic rings. The van der Waals surface area contributed by atoms with Gasteiger partial charge in [0.2, 0.25) is 17.7 Å². The number of carboxylic acids is 1. The third kappa shape index (κ3) is 9.03. The molecule has 4 unspecified atom stereocenters. The number of aromatic amines is 2. The third-order valence-electron chi connectivity index (χ3n) is 6.44. The molecule has 0 radical (unpaired) electrons. The molecule has 13 N–H and O–H groups in total. The smallest absolute Gasteiger partial charge is 0.326 e. The number of para-hydroxylation sites is 1. The van der Waals surface area contributed by atoms with Crippen LogP contribution in [0, 0.1) is 0 Å². The van der Waals surface area contributed by atoms with Crippen LogP contribution in [0.1, 0.15) is 24.1 Å². The van der Waals surface area contributed by atoms with Crippen molar-refractivity contribution in [2.24, 2.45) is 22.2 Å². The Hall–Kier alpha value is -4.96. The maximum atomic E-state index is 13.5. The number of fused-ring (bicyclic) bond motifs is 1. The maximum Gasteiger partial charge on any atom is 0.326 e. The molecular weight excluding hydrogens is 548 g/mol. The van der Waals surface area contributed by atoms with E-state index >= 15 is 0 Å². The molecule has 3 amide bonds. The molecule has 4 atom stereocenters. The van der Waals surface area contributed by atoms with Crippen molar-refractivity contribution in [3.8, 4) is 0 Å². The van der Waals surface area contributed by atoms with E-state index in [2.05, 4.69) is 35.9 Å². The first kappa shape index (κ1) is 31.6. The van der Waals surface area contributed by atoms with E-state index in [1.54, 1.807) is 6.20 Å². The van der Waals surface area contributed by atoms with E-state index in [9.17, 15) is 29.4 Å². The molecule has 16 heteroatoms. The molecule has 2 aromatic heterocycles. The van der Waals surface area contributed by atoms with Gasteiger partial charge in [0.05, 0.1) is 12.9 Å². The van der Waals surface area contributed by atoms with Crippen molar-refractivity contribution in [3.63, 3.8) is 0 Å². The summed E-state index contributed by atoms with van der Waals surface area (Å²) >= 11 is 0. The number of nitrogens with two attached hydrogens (primary N) is 3. The summed E-state index contributed by atoms with van der Waals surface area (Å²) in [5.41, 5.74) is 18.3. The highest BCUT2D eigenvalue weighted by molar-refractivity contribution is 5.95. The highest BCUT2D eigenvalue weighted by Gasteiger charge is 2.31. The Bertz CT molecular complexity index is 1390.